The average Bonchev–Trinajstić information content (AvgIpc) is 2.25. The van der Waals surface area contributed by atoms with Crippen molar-refractivity contribution in [2.24, 2.45) is 0 Å². The summed E-state index contributed by atoms with van der Waals surface area (Å²) in [6.07, 6.45) is 0.664. The fourth-order valence-electron chi connectivity index (χ4n) is 1.03. The summed E-state index contributed by atoms with van der Waals surface area (Å²) in [7, 11) is -4.01. The van der Waals surface area contributed by atoms with E-state index >= 15 is 0 Å². The number of ether oxygens (including phenoxy) is 1. The van der Waals surface area contributed by atoms with Crippen LogP contribution in [-0.4, -0.2) is 26.1 Å². The molecule has 18 heavy (non-hydrogen) atoms. The van der Waals surface area contributed by atoms with Gasteiger partial charge in [-0.3, -0.25) is 0 Å². The molecule has 100 valence electrons. The van der Waals surface area contributed by atoms with Gasteiger partial charge in [-0.1, -0.05) is 0 Å². The van der Waals surface area contributed by atoms with Crippen molar-refractivity contribution in [1.29, 1.82) is 0 Å². The van der Waals surface area contributed by atoms with Gasteiger partial charge in [-0.05, 0) is 18.2 Å². The number of aromatic hydroxyl groups is 1. The van der Waals surface area contributed by atoms with Crippen LogP contribution >= 0.6 is 0 Å². The molecule has 0 heterocycles. The Hall–Kier alpha value is -1.70. The van der Waals surface area contributed by atoms with E-state index in [1.807, 2.05) is 0 Å². The summed E-state index contributed by atoms with van der Waals surface area (Å²) in [5, 5.41) is 9.41. The van der Waals surface area contributed by atoms with Crippen LogP contribution in [0.2, 0.25) is 0 Å². The Kier molecular flexibility index (Phi) is 3.90. The second-order valence-electron chi connectivity index (χ2n) is 3.22. The molecule has 0 unspecified atom stereocenters. The van der Waals surface area contributed by atoms with E-state index < -0.39 is 15.3 Å². The van der Waals surface area contributed by atoms with Crippen LogP contribution in [0.15, 0.2) is 23.6 Å². The molecule has 0 aromatic heterocycles. The molecule has 0 aliphatic carbocycles. The highest BCUT2D eigenvalue weighted by molar-refractivity contribution is 7.95. The molecular formula is C10H9F3O4S. The number of alkyl halides is 3. The minimum absolute atomic E-state index is 0.00543. The number of hydrogen-bond donors (Lipinski definition) is 1. The average molecular weight is 282 g/mol. The largest absolute Gasteiger partial charge is 0.507 e. The van der Waals surface area contributed by atoms with E-state index in [1.54, 1.807) is 0 Å². The molecule has 0 radical (unpaired) electrons. The molecule has 0 fully saturated rings. The van der Waals surface area contributed by atoms with Crippen molar-refractivity contribution in [3.8, 4) is 11.5 Å². The van der Waals surface area contributed by atoms with Crippen molar-refractivity contribution in [3.05, 3.63) is 29.2 Å². The van der Waals surface area contributed by atoms with Crippen molar-refractivity contribution in [2.45, 2.75) is 5.51 Å². The number of halogens is 3. The minimum Gasteiger partial charge on any atom is -0.507 e. The van der Waals surface area contributed by atoms with Crippen LogP contribution in [-0.2, 0) is 9.84 Å². The highest BCUT2D eigenvalue weighted by Crippen LogP contribution is 2.28. The number of rotatable bonds is 3. The van der Waals surface area contributed by atoms with Crippen molar-refractivity contribution in [1.82, 2.24) is 0 Å². The van der Waals surface area contributed by atoms with Crippen molar-refractivity contribution >= 4 is 15.9 Å². The molecule has 0 bridgehead atoms. The molecule has 0 saturated heterocycles. The van der Waals surface area contributed by atoms with Crippen LogP contribution in [0.4, 0.5) is 13.2 Å². The van der Waals surface area contributed by atoms with E-state index in [4.69, 9.17) is 4.74 Å². The Balaban J connectivity index is 3.06. The fraction of sp³-hybridized carbons (Fsp3) is 0.200. The lowest BCUT2D eigenvalue weighted by atomic mass is 10.2. The maximum absolute atomic E-state index is 12.0. The zero-order valence-electron chi connectivity index (χ0n) is 9.10. The van der Waals surface area contributed by atoms with Crippen molar-refractivity contribution < 1.29 is 31.4 Å². The molecule has 0 spiro atoms. The smallest absolute Gasteiger partial charge is 0.501 e. The van der Waals surface area contributed by atoms with E-state index in [0.717, 1.165) is 6.07 Å². The van der Waals surface area contributed by atoms with E-state index in [9.17, 15) is 26.7 Å². The summed E-state index contributed by atoms with van der Waals surface area (Å²) >= 11 is 0. The molecule has 0 amide bonds. The van der Waals surface area contributed by atoms with Gasteiger partial charge in [-0.25, -0.2) is 8.42 Å². The van der Waals surface area contributed by atoms with Crippen LogP contribution in [0.5, 0.6) is 11.5 Å². The van der Waals surface area contributed by atoms with Gasteiger partial charge in [0.05, 0.1) is 7.11 Å². The second-order valence-corrected chi connectivity index (χ2v) is 5.04. The van der Waals surface area contributed by atoms with E-state index in [-0.39, 0.29) is 16.7 Å². The maximum atomic E-state index is 12.0. The monoisotopic (exact) mass is 282 g/mol. The maximum Gasteiger partial charge on any atom is 0.501 e. The number of phenols is 1. The Morgan fingerprint density at radius 2 is 1.94 bits per heavy atom. The summed E-state index contributed by atoms with van der Waals surface area (Å²) < 4.78 is 62.4. The lowest BCUT2D eigenvalue weighted by molar-refractivity contribution is -0.0423. The van der Waals surface area contributed by atoms with Gasteiger partial charge in [0.1, 0.15) is 11.5 Å². The quantitative estimate of drug-likeness (QED) is 0.924. The van der Waals surface area contributed by atoms with Crippen molar-refractivity contribution in [3.63, 3.8) is 0 Å². The Bertz CT molecular complexity index is 561. The van der Waals surface area contributed by atoms with Crippen LogP contribution in [0, 0.1) is 0 Å². The molecule has 0 aliphatic rings. The van der Waals surface area contributed by atoms with Gasteiger partial charge in [0.15, 0.2) is 0 Å². The third kappa shape index (κ3) is 3.16. The van der Waals surface area contributed by atoms with E-state index in [2.05, 4.69) is 0 Å². The first-order valence-electron chi connectivity index (χ1n) is 4.54. The molecule has 4 nitrogen and oxygen atoms in total. The Morgan fingerprint density at radius 3 is 2.39 bits per heavy atom. The summed E-state index contributed by atoms with van der Waals surface area (Å²) in [6, 6.07) is 3.76. The Morgan fingerprint density at radius 1 is 1.33 bits per heavy atom. The first kappa shape index (κ1) is 14.4. The predicted molar refractivity (Wildman–Crippen MR) is 58.7 cm³/mol. The molecule has 0 atom stereocenters. The van der Waals surface area contributed by atoms with Gasteiger partial charge in [-0.2, -0.15) is 13.2 Å². The number of sulfone groups is 1. The standard InChI is InChI=1S/C10H9F3O4S/c1-17-8-3-2-7(9(14)6-8)4-5-18(15,16)10(11,12)13/h2-6,14H,1H3/b5-4+. The second kappa shape index (κ2) is 4.89. The van der Waals surface area contributed by atoms with Gasteiger partial charge in [-0.15, -0.1) is 0 Å². The Labute approximate surface area is 101 Å². The fourth-order valence-corrected chi connectivity index (χ4v) is 1.51. The van der Waals surface area contributed by atoms with Crippen LogP contribution < -0.4 is 4.74 Å². The molecule has 8 heteroatoms. The third-order valence-electron chi connectivity index (χ3n) is 1.99. The predicted octanol–water partition coefficient (Wildman–Crippen LogP) is 2.31. The number of hydrogen-bond acceptors (Lipinski definition) is 4. The third-order valence-corrected chi connectivity index (χ3v) is 3.13. The molecule has 0 saturated carbocycles. The number of benzene rings is 1. The highest BCUT2D eigenvalue weighted by atomic mass is 32.2. The summed E-state index contributed by atoms with van der Waals surface area (Å²) in [4.78, 5) is 0. The lowest BCUT2D eigenvalue weighted by Gasteiger charge is -2.04. The first-order valence-corrected chi connectivity index (χ1v) is 6.08. The summed E-state index contributed by atoms with van der Waals surface area (Å²) in [5.41, 5.74) is -5.42. The number of methoxy groups -OCH3 is 1. The number of phenolic OH excluding ortho intramolecular Hbond substituents is 1. The molecule has 1 aromatic carbocycles. The molecule has 1 aromatic rings. The van der Waals surface area contributed by atoms with Crippen LogP contribution in [0.3, 0.4) is 0 Å². The van der Waals surface area contributed by atoms with Crippen LogP contribution in [0.25, 0.3) is 6.08 Å². The summed E-state index contributed by atoms with van der Waals surface area (Å²) in [6.45, 7) is 0. The lowest BCUT2D eigenvalue weighted by Crippen LogP contribution is -2.20. The molecule has 0 aliphatic heterocycles. The van der Waals surface area contributed by atoms with Gasteiger partial charge in [0.25, 0.3) is 9.84 Å². The topological polar surface area (TPSA) is 63.6 Å². The van der Waals surface area contributed by atoms with Crippen LogP contribution in [0.1, 0.15) is 5.56 Å². The SMILES string of the molecule is COc1ccc(/C=C/S(=O)(=O)C(F)(F)F)c(O)c1. The van der Waals surface area contributed by atoms with E-state index in [0.29, 0.717) is 11.8 Å². The molecule has 1 N–H and O–H groups in total. The summed E-state index contributed by atoms with van der Waals surface area (Å²) in [5.74, 6) is -0.0914. The minimum atomic E-state index is -5.36. The molecular weight excluding hydrogens is 273 g/mol. The van der Waals surface area contributed by atoms with Gasteiger partial charge < -0.3 is 9.84 Å². The van der Waals surface area contributed by atoms with Crippen molar-refractivity contribution in [2.75, 3.05) is 7.11 Å². The molecule has 1 rings (SSSR count). The normalized spacial score (nSPS) is 12.9. The van der Waals surface area contributed by atoms with Gasteiger partial charge >= 0.3 is 5.51 Å². The zero-order valence-corrected chi connectivity index (χ0v) is 9.92. The van der Waals surface area contributed by atoms with Gasteiger partial charge in [0, 0.05) is 17.0 Å². The highest BCUT2D eigenvalue weighted by Gasteiger charge is 2.43. The van der Waals surface area contributed by atoms with Gasteiger partial charge in [0.2, 0.25) is 0 Å². The van der Waals surface area contributed by atoms with E-state index in [1.165, 1.54) is 19.2 Å². The first-order chi connectivity index (χ1) is 8.17. The zero-order chi connectivity index (χ0) is 14.0.